The highest BCUT2D eigenvalue weighted by Crippen LogP contribution is 2.07. The summed E-state index contributed by atoms with van der Waals surface area (Å²) in [6.07, 6.45) is 2.08. The molecular formula is C11H16FNS. The highest BCUT2D eigenvalue weighted by molar-refractivity contribution is 7.99. The molecule has 1 unspecified atom stereocenters. The average Bonchev–Trinajstić information content (AvgIpc) is 2.20. The van der Waals surface area contributed by atoms with Gasteiger partial charge in [-0.2, -0.15) is 11.8 Å². The number of nitrogens with one attached hydrogen (secondary N) is 1. The third-order valence-corrected chi connectivity index (χ3v) is 3.08. The molecule has 0 heterocycles. The van der Waals surface area contributed by atoms with Gasteiger partial charge >= 0.3 is 0 Å². The summed E-state index contributed by atoms with van der Waals surface area (Å²) in [6, 6.07) is 6.88. The molecule has 0 aliphatic heterocycles. The molecule has 0 aliphatic carbocycles. The van der Waals surface area contributed by atoms with Gasteiger partial charge in [0.1, 0.15) is 5.82 Å². The molecule has 0 bridgehead atoms. The van der Waals surface area contributed by atoms with Gasteiger partial charge < -0.3 is 5.32 Å². The van der Waals surface area contributed by atoms with Gasteiger partial charge in [-0.1, -0.05) is 25.1 Å². The fourth-order valence-electron chi connectivity index (χ4n) is 1.14. The Bertz CT molecular complexity index is 278. The number of hydrogen-bond acceptors (Lipinski definition) is 2. The first-order valence-electron chi connectivity index (χ1n) is 4.71. The normalized spacial score (nSPS) is 12.8. The van der Waals surface area contributed by atoms with Crippen LogP contribution in [-0.4, -0.2) is 18.1 Å². The van der Waals surface area contributed by atoms with Crippen LogP contribution < -0.4 is 5.32 Å². The molecule has 1 aromatic rings. The Morgan fingerprint density at radius 2 is 2.14 bits per heavy atom. The minimum absolute atomic E-state index is 0.128. The summed E-state index contributed by atoms with van der Waals surface area (Å²) in [7, 11) is 0. The van der Waals surface area contributed by atoms with Crippen molar-refractivity contribution in [1.82, 2.24) is 5.32 Å². The van der Waals surface area contributed by atoms with Gasteiger partial charge in [0.2, 0.25) is 0 Å². The van der Waals surface area contributed by atoms with E-state index < -0.39 is 0 Å². The maximum absolute atomic E-state index is 13.2. The van der Waals surface area contributed by atoms with Gasteiger partial charge in [0.05, 0.1) is 0 Å². The SMILES string of the molecule is CSC(C)CNCc1ccccc1F. The van der Waals surface area contributed by atoms with Crippen LogP contribution in [0.15, 0.2) is 24.3 Å². The first-order chi connectivity index (χ1) is 6.74. The molecule has 1 N–H and O–H groups in total. The molecule has 14 heavy (non-hydrogen) atoms. The highest BCUT2D eigenvalue weighted by Gasteiger charge is 2.01. The Balaban J connectivity index is 2.35. The van der Waals surface area contributed by atoms with Crippen LogP contribution in [0.3, 0.4) is 0 Å². The zero-order valence-electron chi connectivity index (χ0n) is 8.59. The Morgan fingerprint density at radius 3 is 2.79 bits per heavy atom. The van der Waals surface area contributed by atoms with Crippen molar-refractivity contribution in [3.05, 3.63) is 35.6 Å². The van der Waals surface area contributed by atoms with Crippen molar-refractivity contribution in [2.24, 2.45) is 0 Å². The predicted molar refractivity (Wildman–Crippen MR) is 61.1 cm³/mol. The van der Waals surface area contributed by atoms with Crippen molar-refractivity contribution in [2.45, 2.75) is 18.7 Å². The van der Waals surface area contributed by atoms with Crippen LogP contribution in [-0.2, 0) is 6.54 Å². The Hall–Kier alpha value is -0.540. The Morgan fingerprint density at radius 1 is 1.43 bits per heavy atom. The van der Waals surface area contributed by atoms with Crippen LogP contribution >= 0.6 is 11.8 Å². The molecule has 1 aromatic carbocycles. The quantitative estimate of drug-likeness (QED) is 0.807. The van der Waals surface area contributed by atoms with Crippen molar-refractivity contribution in [1.29, 1.82) is 0 Å². The lowest BCUT2D eigenvalue weighted by molar-refractivity contribution is 0.588. The number of hydrogen-bond donors (Lipinski definition) is 1. The van der Waals surface area contributed by atoms with E-state index in [0.717, 1.165) is 12.1 Å². The third kappa shape index (κ3) is 3.68. The number of rotatable bonds is 5. The summed E-state index contributed by atoms with van der Waals surface area (Å²) in [5.74, 6) is -0.128. The van der Waals surface area contributed by atoms with Gasteiger partial charge in [-0.3, -0.25) is 0 Å². The van der Waals surface area contributed by atoms with Crippen molar-refractivity contribution in [2.75, 3.05) is 12.8 Å². The second-order valence-electron chi connectivity index (χ2n) is 3.27. The van der Waals surface area contributed by atoms with E-state index in [-0.39, 0.29) is 5.82 Å². The van der Waals surface area contributed by atoms with E-state index >= 15 is 0 Å². The molecule has 1 atom stereocenters. The predicted octanol–water partition coefficient (Wildman–Crippen LogP) is 2.67. The van der Waals surface area contributed by atoms with Gasteiger partial charge in [-0.15, -0.1) is 0 Å². The molecule has 0 saturated heterocycles. The number of halogens is 1. The van der Waals surface area contributed by atoms with Crippen molar-refractivity contribution < 1.29 is 4.39 Å². The molecule has 0 fully saturated rings. The zero-order chi connectivity index (χ0) is 10.4. The molecule has 0 spiro atoms. The Kier molecular flexibility index (Phi) is 4.98. The van der Waals surface area contributed by atoms with Crippen LogP contribution in [0.4, 0.5) is 4.39 Å². The molecule has 0 amide bonds. The van der Waals surface area contributed by atoms with Crippen LogP contribution in [0.2, 0.25) is 0 Å². The lowest BCUT2D eigenvalue weighted by atomic mass is 10.2. The first-order valence-corrected chi connectivity index (χ1v) is 5.99. The van der Waals surface area contributed by atoms with Crippen LogP contribution in [0.25, 0.3) is 0 Å². The largest absolute Gasteiger partial charge is 0.311 e. The van der Waals surface area contributed by atoms with Crippen molar-refractivity contribution in [3.63, 3.8) is 0 Å². The smallest absolute Gasteiger partial charge is 0.127 e. The fourth-order valence-corrected chi connectivity index (χ4v) is 1.42. The van der Waals surface area contributed by atoms with E-state index in [1.165, 1.54) is 6.07 Å². The van der Waals surface area contributed by atoms with Gasteiger partial charge in [0.15, 0.2) is 0 Å². The van der Waals surface area contributed by atoms with E-state index in [1.54, 1.807) is 6.07 Å². The van der Waals surface area contributed by atoms with Gasteiger partial charge in [-0.05, 0) is 12.3 Å². The molecule has 0 aliphatic rings. The van der Waals surface area contributed by atoms with E-state index in [1.807, 2.05) is 23.9 Å². The standard InChI is InChI=1S/C11H16FNS/c1-9(14-2)7-13-8-10-5-3-4-6-11(10)12/h3-6,9,13H,7-8H2,1-2H3. The molecule has 0 saturated carbocycles. The van der Waals surface area contributed by atoms with Crippen LogP contribution in [0, 0.1) is 5.82 Å². The lowest BCUT2D eigenvalue weighted by Gasteiger charge is -2.09. The van der Waals surface area contributed by atoms with E-state index in [9.17, 15) is 4.39 Å². The minimum Gasteiger partial charge on any atom is -0.311 e. The van der Waals surface area contributed by atoms with Gasteiger partial charge in [0, 0.05) is 23.9 Å². The number of benzene rings is 1. The molecule has 0 aromatic heterocycles. The monoisotopic (exact) mass is 213 g/mol. The van der Waals surface area contributed by atoms with E-state index in [0.29, 0.717) is 11.8 Å². The summed E-state index contributed by atoms with van der Waals surface area (Å²) in [4.78, 5) is 0. The average molecular weight is 213 g/mol. The summed E-state index contributed by atoms with van der Waals surface area (Å²) in [5, 5.41) is 3.80. The molecule has 1 rings (SSSR count). The van der Waals surface area contributed by atoms with E-state index in [4.69, 9.17) is 0 Å². The van der Waals surface area contributed by atoms with Crippen LogP contribution in [0.5, 0.6) is 0 Å². The fraction of sp³-hybridized carbons (Fsp3) is 0.455. The molecule has 1 nitrogen and oxygen atoms in total. The maximum Gasteiger partial charge on any atom is 0.127 e. The maximum atomic E-state index is 13.2. The van der Waals surface area contributed by atoms with E-state index in [2.05, 4.69) is 18.5 Å². The molecule has 0 radical (unpaired) electrons. The summed E-state index contributed by atoms with van der Waals surface area (Å²) >= 11 is 1.81. The minimum atomic E-state index is -0.128. The summed E-state index contributed by atoms with van der Waals surface area (Å²) in [5.41, 5.74) is 0.737. The van der Waals surface area contributed by atoms with Crippen LogP contribution in [0.1, 0.15) is 12.5 Å². The second kappa shape index (κ2) is 6.04. The molecular weight excluding hydrogens is 197 g/mol. The summed E-state index contributed by atoms with van der Waals surface area (Å²) in [6.45, 7) is 3.67. The Labute approximate surface area is 89.1 Å². The number of thioether (sulfide) groups is 1. The van der Waals surface area contributed by atoms with Gasteiger partial charge in [-0.25, -0.2) is 4.39 Å². The van der Waals surface area contributed by atoms with Crippen molar-refractivity contribution >= 4 is 11.8 Å². The third-order valence-electron chi connectivity index (χ3n) is 2.11. The second-order valence-corrected chi connectivity index (χ2v) is 4.54. The lowest BCUT2D eigenvalue weighted by Crippen LogP contribution is -2.22. The zero-order valence-corrected chi connectivity index (χ0v) is 9.40. The first kappa shape index (κ1) is 11.5. The highest BCUT2D eigenvalue weighted by atomic mass is 32.2. The topological polar surface area (TPSA) is 12.0 Å². The molecule has 78 valence electrons. The summed E-state index contributed by atoms with van der Waals surface area (Å²) < 4.78 is 13.2. The van der Waals surface area contributed by atoms with Gasteiger partial charge in [0.25, 0.3) is 0 Å². The van der Waals surface area contributed by atoms with Crippen molar-refractivity contribution in [3.8, 4) is 0 Å². The molecule has 3 heteroatoms.